The summed E-state index contributed by atoms with van der Waals surface area (Å²) in [6.07, 6.45) is 4.28. The summed E-state index contributed by atoms with van der Waals surface area (Å²) in [4.78, 5) is 0.296. The highest BCUT2D eigenvalue weighted by molar-refractivity contribution is 7.89. The monoisotopic (exact) mass is 273 g/mol. The fraction of sp³-hybridized carbons (Fsp3) is 0.333. The van der Waals surface area contributed by atoms with Crippen LogP contribution in [-0.2, 0) is 10.0 Å². The van der Waals surface area contributed by atoms with Crippen molar-refractivity contribution in [1.82, 2.24) is 4.72 Å². The predicted molar refractivity (Wildman–Crippen MR) is 70.8 cm³/mol. The molecule has 3 nitrogen and oxygen atoms in total. The molecule has 0 saturated heterocycles. The topological polar surface area (TPSA) is 46.2 Å². The number of halogens is 1. The summed E-state index contributed by atoms with van der Waals surface area (Å²) in [5, 5.41) is 0. The average molecular weight is 274 g/mol. The van der Waals surface area contributed by atoms with Gasteiger partial charge in [-0.1, -0.05) is 29.8 Å². The Morgan fingerprint density at radius 1 is 1.24 bits per heavy atom. The minimum Gasteiger partial charge on any atom is -0.211 e. The maximum atomic E-state index is 11.8. The average Bonchev–Trinajstić information content (AvgIpc) is 2.29. The van der Waals surface area contributed by atoms with Crippen LogP contribution in [0.5, 0.6) is 0 Å². The summed E-state index contributed by atoms with van der Waals surface area (Å²) in [5.41, 5.74) is 1.04. The number of hydrogen-bond donors (Lipinski definition) is 1. The van der Waals surface area contributed by atoms with Crippen molar-refractivity contribution in [1.29, 1.82) is 0 Å². The fourth-order valence-electron chi connectivity index (χ4n) is 1.26. The smallest absolute Gasteiger partial charge is 0.211 e. The van der Waals surface area contributed by atoms with E-state index in [-0.39, 0.29) is 0 Å². The molecule has 0 spiro atoms. The van der Waals surface area contributed by atoms with Gasteiger partial charge in [-0.2, -0.15) is 0 Å². The molecule has 0 amide bonds. The minimum absolute atomic E-state index is 0.296. The highest BCUT2D eigenvalue weighted by Gasteiger charge is 2.11. The van der Waals surface area contributed by atoms with Crippen LogP contribution in [0.15, 0.2) is 41.3 Å². The van der Waals surface area contributed by atoms with E-state index in [1.165, 1.54) is 0 Å². The molecule has 94 valence electrons. The van der Waals surface area contributed by atoms with E-state index in [9.17, 15) is 8.42 Å². The normalized spacial score (nSPS) is 12.1. The zero-order valence-corrected chi connectivity index (χ0v) is 11.3. The highest BCUT2D eigenvalue weighted by Crippen LogP contribution is 2.09. The van der Waals surface area contributed by atoms with E-state index in [2.05, 4.69) is 4.72 Å². The third-order valence-electron chi connectivity index (χ3n) is 2.19. The molecule has 0 fully saturated rings. The van der Waals surface area contributed by atoms with Crippen LogP contribution in [-0.4, -0.2) is 20.8 Å². The van der Waals surface area contributed by atoms with Crippen LogP contribution in [0.4, 0.5) is 0 Å². The molecular weight excluding hydrogens is 258 g/mol. The lowest BCUT2D eigenvalue weighted by Crippen LogP contribution is -2.24. The highest BCUT2D eigenvalue weighted by atomic mass is 35.5. The first-order chi connectivity index (χ1) is 8.06. The van der Waals surface area contributed by atoms with Crippen LogP contribution < -0.4 is 4.72 Å². The van der Waals surface area contributed by atoms with Gasteiger partial charge in [-0.25, -0.2) is 13.1 Å². The quantitative estimate of drug-likeness (QED) is 0.492. The van der Waals surface area contributed by atoms with Crippen molar-refractivity contribution in [3.63, 3.8) is 0 Å². The minimum atomic E-state index is -3.38. The molecule has 0 bridgehead atoms. The van der Waals surface area contributed by atoms with Crippen molar-refractivity contribution >= 4 is 21.6 Å². The molecule has 0 unspecified atom stereocenters. The van der Waals surface area contributed by atoms with E-state index in [1.807, 2.05) is 13.0 Å². The first-order valence-electron chi connectivity index (χ1n) is 5.33. The summed E-state index contributed by atoms with van der Waals surface area (Å²) in [6.45, 7) is 2.30. The van der Waals surface area contributed by atoms with Crippen LogP contribution in [0.2, 0.25) is 0 Å². The maximum Gasteiger partial charge on any atom is 0.240 e. The maximum absolute atomic E-state index is 11.8. The van der Waals surface area contributed by atoms with Crippen molar-refractivity contribution in [3.05, 3.63) is 42.0 Å². The first kappa shape index (κ1) is 14.2. The summed E-state index contributed by atoms with van der Waals surface area (Å²) in [5.74, 6) is 0.449. The molecule has 0 saturated carbocycles. The molecule has 1 rings (SSSR count). The van der Waals surface area contributed by atoms with Gasteiger partial charge in [0.25, 0.3) is 0 Å². The van der Waals surface area contributed by atoms with Crippen molar-refractivity contribution in [2.24, 2.45) is 0 Å². The molecule has 0 aliphatic heterocycles. The molecule has 0 aromatic heterocycles. The SMILES string of the molecule is Cc1ccc(S(=O)(=O)NCCC=CCCl)cc1. The van der Waals surface area contributed by atoms with Crippen molar-refractivity contribution in [2.75, 3.05) is 12.4 Å². The number of alkyl halides is 1. The molecule has 5 heteroatoms. The van der Waals surface area contributed by atoms with Crippen LogP contribution in [0, 0.1) is 6.92 Å². The Bertz CT molecular complexity index is 466. The van der Waals surface area contributed by atoms with Gasteiger partial charge < -0.3 is 0 Å². The summed E-state index contributed by atoms with van der Waals surface area (Å²) < 4.78 is 26.2. The Hall–Kier alpha value is -0.840. The van der Waals surface area contributed by atoms with Crippen molar-refractivity contribution in [2.45, 2.75) is 18.2 Å². The van der Waals surface area contributed by atoms with E-state index in [0.717, 1.165) is 5.56 Å². The van der Waals surface area contributed by atoms with E-state index >= 15 is 0 Å². The molecule has 0 atom stereocenters. The van der Waals surface area contributed by atoms with Gasteiger partial charge in [-0.3, -0.25) is 0 Å². The van der Waals surface area contributed by atoms with Crippen LogP contribution in [0.1, 0.15) is 12.0 Å². The van der Waals surface area contributed by atoms with Gasteiger partial charge in [0.2, 0.25) is 10.0 Å². The molecule has 0 aliphatic carbocycles. The third-order valence-corrected chi connectivity index (χ3v) is 3.85. The zero-order valence-electron chi connectivity index (χ0n) is 9.69. The van der Waals surface area contributed by atoms with E-state index in [0.29, 0.717) is 23.7 Å². The number of rotatable bonds is 6. The predicted octanol–water partition coefficient (Wildman–Crippen LogP) is 2.46. The van der Waals surface area contributed by atoms with E-state index in [4.69, 9.17) is 11.6 Å². The molecule has 17 heavy (non-hydrogen) atoms. The second-order valence-corrected chi connectivity index (χ2v) is 5.70. The van der Waals surface area contributed by atoms with Gasteiger partial charge in [-0.05, 0) is 25.5 Å². The molecule has 1 N–H and O–H groups in total. The molecule has 1 aromatic carbocycles. The van der Waals surface area contributed by atoms with Gasteiger partial charge >= 0.3 is 0 Å². The Kier molecular flexibility index (Phi) is 5.68. The lowest BCUT2D eigenvalue weighted by molar-refractivity contribution is 0.582. The summed E-state index contributed by atoms with van der Waals surface area (Å²) >= 11 is 5.46. The first-order valence-corrected chi connectivity index (χ1v) is 7.35. The number of sulfonamides is 1. The number of benzene rings is 1. The third kappa shape index (κ3) is 4.89. The van der Waals surface area contributed by atoms with Crippen molar-refractivity contribution < 1.29 is 8.42 Å². The van der Waals surface area contributed by atoms with Crippen LogP contribution in [0.25, 0.3) is 0 Å². The van der Waals surface area contributed by atoms with Gasteiger partial charge in [0.05, 0.1) is 4.90 Å². The molecule has 0 radical (unpaired) electrons. The van der Waals surface area contributed by atoms with Gasteiger partial charge in [0, 0.05) is 12.4 Å². The lowest BCUT2D eigenvalue weighted by atomic mass is 10.2. The summed E-state index contributed by atoms with van der Waals surface area (Å²) in [6, 6.07) is 6.77. The number of nitrogens with one attached hydrogen (secondary N) is 1. The van der Waals surface area contributed by atoms with Crippen LogP contribution >= 0.6 is 11.6 Å². The lowest BCUT2D eigenvalue weighted by Gasteiger charge is -2.05. The Labute approximate surface area is 108 Å². The Balaban J connectivity index is 2.57. The fourth-order valence-corrected chi connectivity index (χ4v) is 2.43. The second-order valence-electron chi connectivity index (χ2n) is 3.63. The van der Waals surface area contributed by atoms with Gasteiger partial charge in [0.1, 0.15) is 0 Å². The molecule has 1 aromatic rings. The van der Waals surface area contributed by atoms with Gasteiger partial charge in [-0.15, -0.1) is 11.6 Å². The van der Waals surface area contributed by atoms with Crippen LogP contribution in [0.3, 0.4) is 0 Å². The molecular formula is C12H16ClNO2S. The Morgan fingerprint density at radius 3 is 2.47 bits per heavy atom. The van der Waals surface area contributed by atoms with E-state index in [1.54, 1.807) is 30.3 Å². The number of allylic oxidation sites excluding steroid dienone is 1. The molecule has 0 aliphatic rings. The Morgan fingerprint density at radius 2 is 1.88 bits per heavy atom. The molecule has 0 heterocycles. The van der Waals surface area contributed by atoms with Gasteiger partial charge in [0.15, 0.2) is 0 Å². The standard InChI is InChI=1S/C12H16ClNO2S/c1-11-5-7-12(8-6-11)17(15,16)14-10-4-2-3-9-13/h2-3,5-8,14H,4,9-10H2,1H3. The second kappa shape index (κ2) is 6.79. The van der Waals surface area contributed by atoms with E-state index < -0.39 is 10.0 Å². The van der Waals surface area contributed by atoms with Crippen molar-refractivity contribution in [3.8, 4) is 0 Å². The summed E-state index contributed by atoms with van der Waals surface area (Å²) in [7, 11) is -3.38. The number of hydrogen-bond acceptors (Lipinski definition) is 2. The largest absolute Gasteiger partial charge is 0.240 e. The zero-order chi connectivity index (χ0) is 12.7. The number of aryl methyl sites for hydroxylation is 1.